The lowest BCUT2D eigenvalue weighted by Gasteiger charge is -2.17. The van der Waals surface area contributed by atoms with Crippen LogP contribution in [0.2, 0.25) is 0 Å². The molecule has 0 saturated heterocycles. The number of carboxylic acids is 1. The van der Waals surface area contributed by atoms with E-state index >= 15 is 0 Å². The summed E-state index contributed by atoms with van der Waals surface area (Å²) in [6.45, 7) is -0.373. The van der Waals surface area contributed by atoms with E-state index in [1.54, 1.807) is 0 Å². The first-order valence-corrected chi connectivity index (χ1v) is 11.4. The summed E-state index contributed by atoms with van der Waals surface area (Å²) in [5.41, 5.74) is 7.84. The van der Waals surface area contributed by atoms with E-state index in [0.29, 0.717) is 6.42 Å². The second-order valence-corrected chi connectivity index (χ2v) is 8.15. The van der Waals surface area contributed by atoms with Gasteiger partial charge in [0, 0.05) is 5.56 Å². The standard InChI is InChI=1S/C27H29N3O6/c28-21(16-31)26(33)29-22-14-12-20(15-24(22)36-17-19-9-5-2-6-10-19)25(32)30-23(27(34)35)13-11-18-7-3-1-4-8-18/h1-10,12,14-15,21,23,31H,11,13,16-17,28H2,(H,29,33)(H,30,32)(H,34,35)/t21-,23-/m0/s1. The van der Waals surface area contributed by atoms with Gasteiger partial charge < -0.3 is 31.3 Å². The van der Waals surface area contributed by atoms with E-state index in [1.807, 2.05) is 60.7 Å². The second kappa shape index (κ2) is 13.0. The van der Waals surface area contributed by atoms with Crippen LogP contribution in [0.5, 0.6) is 5.75 Å². The third-order valence-corrected chi connectivity index (χ3v) is 5.44. The van der Waals surface area contributed by atoms with Gasteiger partial charge in [-0.3, -0.25) is 9.59 Å². The molecule has 6 N–H and O–H groups in total. The SMILES string of the molecule is N[C@@H](CO)C(=O)Nc1ccc(C(=O)N[C@@H](CCc2ccccc2)C(=O)O)cc1OCc1ccccc1. The fourth-order valence-corrected chi connectivity index (χ4v) is 3.38. The van der Waals surface area contributed by atoms with Gasteiger partial charge in [-0.15, -0.1) is 0 Å². The van der Waals surface area contributed by atoms with Crippen molar-refractivity contribution < 1.29 is 29.3 Å². The van der Waals surface area contributed by atoms with Crippen molar-refractivity contribution >= 4 is 23.5 Å². The smallest absolute Gasteiger partial charge is 0.326 e. The second-order valence-electron chi connectivity index (χ2n) is 8.15. The lowest BCUT2D eigenvalue weighted by molar-refractivity contribution is -0.139. The number of benzene rings is 3. The third-order valence-electron chi connectivity index (χ3n) is 5.44. The molecule has 0 aliphatic heterocycles. The summed E-state index contributed by atoms with van der Waals surface area (Å²) >= 11 is 0. The van der Waals surface area contributed by atoms with Gasteiger partial charge in [-0.25, -0.2) is 4.79 Å². The largest absolute Gasteiger partial charge is 0.487 e. The van der Waals surface area contributed by atoms with Crippen molar-refractivity contribution in [3.63, 3.8) is 0 Å². The number of carbonyl (C=O) groups excluding carboxylic acids is 2. The fourth-order valence-electron chi connectivity index (χ4n) is 3.38. The average molecular weight is 492 g/mol. The van der Waals surface area contributed by atoms with Crippen LogP contribution in [0.4, 0.5) is 5.69 Å². The zero-order chi connectivity index (χ0) is 25.9. The van der Waals surface area contributed by atoms with Gasteiger partial charge in [-0.1, -0.05) is 60.7 Å². The van der Waals surface area contributed by atoms with Crippen molar-refractivity contribution in [3.8, 4) is 5.75 Å². The number of aryl methyl sites for hydroxylation is 1. The highest BCUT2D eigenvalue weighted by atomic mass is 16.5. The molecule has 0 fully saturated rings. The molecule has 0 aromatic heterocycles. The van der Waals surface area contributed by atoms with E-state index in [9.17, 15) is 19.5 Å². The molecule has 9 nitrogen and oxygen atoms in total. The van der Waals surface area contributed by atoms with Crippen LogP contribution in [0.1, 0.15) is 27.9 Å². The Kier molecular flexibility index (Phi) is 9.56. The van der Waals surface area contributed by atoms with Crippen LogP contribution >= 0.6 is 0 Å². The Hall–Kier alpha value is -4.21. The van der Waals surface area contributed by atoms with Gasteiger partial charge in [-0.05, 0) is 42.2 Å². The van der Waals surface area contributed by atoms with Crippen molar-refractivity contribution in [2.24, 2.45) is 5.73 Å². The number of nitrogens with two attached hydrogens (primary N) is 1. The minimum atomic E-state index is -1.14. The molecule has 0 saturated carbocycles. The topological polar surface area (TPSA) is 151 Å². The molecule has 9 heteroatoms. The Morgan fingerprint density at radius 1 is 0.917 bits per heavy atom. The zero-order valence-corrected chi connectivity index (χ0v) is 19.6. The Bertz CT molecular complexity index is 1170. The molecule has 188 valence electrons. The number of aliphatic hydroxyl groups is 1. The predicted octanol–water partition coefficient (Wildman–Crippen LogP) is 2.34. The summed E-state index contributed by atoms with van der Waals surface area (Å²) in [5.74, 6) is -2.15. The first kappa shape index (κ1) is 26.4. The van der Waals surface area contributed by atoms with Crippen molar-refractivity contribution in [1.82, 2.24) is 5.32 Å². The number of carbonyl (C=O) groups is 3. The maximum atomic E-state index is 12.9. The highest BCUT2D eigenvalue weighted by molar-refractivity contribution is 5.99. The first-order chi connectivity index (χ1) is 17.4. The van der Waals surface area contributed by atoms with E-state index in [1.165, 1.54) is 18.2 Å². The summed E-state index contributed by atoms with van der Waals surface area (Å²) in [5, 5.41) is 23.9. The van der Waals surface area contributed by atoms with Crippen LogP contribution in [0, 0.1) is 0 Å². The van der Waals surface area contributed by atoms with Gasteiger partial charge in [0.25, 0.3) is 5.91 Å². The number of hydrogen-bond donors (Lipinski definition) is 5. The number of anilines is 1. The molecule has 0 heterocycles. The van der Waals surface area contributed by atoms with E-state index < -0.39 is 36.5 Å². The Morgan fingerprint density at radius 2 is 1.56 bits per heavy atom. The molecule has 3 rings (SSSR count). The number of amides is 2. The maximum Gasteiger partial charge on any atom is 0.326 e. The van der Waals surface area contributed by atoms with Crippen molar-refractivity contribution in [2.75, 3.05) is 11.9 Å². The minimum Gasteiger partial charge on any atom is -0.487 e. The summed E-state index contributed by atoms with van der Waals surface area (Å²) in [4.78, 5) is 36.9. The molecule has 0 unspecified atom stereocenters. The summed E-state index contributed by atoms with van der Waals surface area (Å²) in [7, 11) is 0. The fraction of sp³-hybridized carbons (Fsp3) is 0.222. The number of aliphatic hydroxyl groups excluding tert-OH is 1. The van der Waals surface area contributed by atoms with E-state index in [4.69, 9.17) is 15.6 Å². The molecule has 0 spiro atoms. The maximum absolute atomic E-state index is 12.9. The molecule has 2 amide bonds. The van der Waals surface area contributed by atoms with Gasteiger partial charge >= 0.3 is 5.97 Å². The summed E-state index contributed by atoms with van der Waals surface area (Å²) in [6, 6.07) is 20.8. The number of rotatable bonds is 12. The first-order valence-electron chi connectivity index (χ1n) is 11.4. The van der Waals surface area contributed by atoms with Crippen molar-refractivity contribution in [3.05, 3.63) is 95.6 Å². The van der Waals surface area contributed by atoms with Crippen LogP contribution in [0.25, 0.3) is 0 Å². The van der Waals surface area contributed by atoms with E-state index in [2.05, 4.69) is 10.6 Å². The number of carboxylic acid groups (broad SMARTS) is 1. The van der Waals surface area contributed by atoms with Gasteiger partial charge in [0.15, 0.2) is 0 Å². The van der Waals surface area contributed by atoms with Crippen molar-refractivity contribution in [2.45, 2.75) is 31.5 Å². The molecular formula is C27H29N3O6. The molecular weight excluding hydrogens is 462 g/mol. The highest BCUT2D eigenvalue weighted by Gasteiger charge is 2.22. The number of aliphatic carboxylic acids is 1. The lowest BCUT2D eigenvalue weighted by atomic mass is 10.0. The van der Waals surface area contributed by atoms with Crippen molar-refractivity contribution in [1.29, 1.82) is 0 Å². The van der Waals surface area contributed by atoms with Gasteiger partial charge in [0.1, 0.15) is 24.4 Å². The van der Waals surface area contributed by atoms with Gasteiger partial charge in [0.2, 0.25) is 5.91 Å². The quantitative estimate of drug-likeness (QED) is 0.261. The predicted molar refractivity (Wildman–Crippen MR) is 135 cm³/mol. The zero-order valence-electron chi connectivity index (χ0n) is 19.6. The van der Waals surface area contributed by atoms with Crippen LogP contribution < -0.4 is 21.1 Å². The molecule has 36 heavy (non-hydrogen) atoms. The van der Waals surface area contributed by atoms with Gasteiger partial charge in [-0.2, -0.15) is 0 Å². The monoisotopic (exact) mass is 491 g/mol. The molecule has 0 bridgehead atoms. The van der Waals surface area contributed by atoms with Crippen LogP contribution in [-0.4, -0.2) is 46.7 Å². The Labute approximate surface area is 208 Å². The normalized spacial score (nSPS) is 12.3. The molecule has 0 aliphatic rings. The summed E-state index contributed by atoms with van der Waals surface area (Å²) in [6.07, 6.45) is 0.704. The molecule has 3 aromatic rings. The van der Waals surface area contributed by atoms with Gasteiger partial charge in [0.05, 0.1) is 12.3 Å². The molecule has 0 radical (unpaired) electrons. The minimum absolute atomic E-state index is 0.161. The molecule has 3 aromatic carbocycles. The number of ether oxygens (including phenoxy) is 1. The Balaban J connectivity index is 1.77. The Morgan fingerprint density at radius 3 is 2.17 bits per heavy atom. The van der Waals surface area contributed by atoms with Crippen LogP contribution in [0.15, 0.2) is 78.9 Å². The number of hydrogen-bond acceptors (Lipinski definition) is 6. The van der Waals surface area contributed by atoms with E-state index in [0.717, 1.165) is 11.1 Å². The van der Waals surface area contributed by atoms with Crippen LogP contribution in [-0.2, 0) is 22.6 Å². The van der Waals surface area contributed by atoms with E-state index in [-0.39, 0.29) is 30.0 Å². The molecule has 2 atom stereocenters. The third kappa shape index (κ3) is 7.66. The highest BCUT2D eigenvalue weighted by Crippen LogP contribution is 2.27. The summed E-state index contributed by atoms with van der Waals surface area (Å²) < 4.78 is 5.87. The van der Waals surface area contributed by atoms with Crippen LogP contribution in [0.3, 0.4) is 0 Å². The average Bonchev–Trinajstić information content (AvgIpc) is 2.90. The molecule has 0 aliphatic carbocycles. The lowest BCUT2D eigenvalue weighted by Crippen LogP contribution is -2.41. The number of nitrogens with one attached hydrogen (secondary N) is 2.